The van der Waals surface area contributed by atoms with Crippen LogP contribution in [0, 0.1) is 10.1 Å². The summed E-state index contributed by atoms with van der Waals surface area (Å²) in [5, 5.41) is 12.8. The lowest BCUT2D eigenvalue weighted by molar-refractivity contribution is -0.384. The van der Waals surface area contributed by atoms with E-state index in [9.17, 15) is 10.1 Å². The van der Waals surface area contributed by atoms with Gasteiger partial charge in [0, 0.05) is 22.2 Å². The molecule has 0 spiro atoms. The maximum absolute atomic E-state index is 10.7. The zero-order chi connectivity index (χ0) is 17.1. The molecule has 0 radical (unpaired) electrons. The lowest BCUT2D eigenvalue weighted by Crippen LogP contribution is -2.00. The first-order chi connectivity index (χ1) is 11.6. The van der Waals surface area contributed by atoms with Gasteiger partial charge >= 0.3 is 0 Å². The van der Waals surface area contributed by atoms with Gasteiger partial charge in [-0.2, -0.15) is 0 Å². The predicted octanol–water partition coefficient (Wildman–Crippen LogP) is 5.10. The highest BCUT2D eigenvalue weighted by Crippen LogP contribution is 2.31. The number of hydrogen-bond donors (Lipinski definition) is 0. The number of methoxy groups -OCH3 is 1. The summed E-state index contributed by atoms with van der Waals surface area (Å²) in [6.45, 7) is 0.306. The van der Waals surface area contributed by atoms with Crippen molar-refractivity contribution in [2.24, 2.45) is 0 Å². The summed E-state index contributed by atoms with van der Waals surface area (Å²) < 4.78 is 12.2. The molecule has 0 saturated carbocycles. The molecule has 3 rings (SSSR count). The molecule has 0 aliphatic carbocycles. The highest BCUT2D eigenvalue weighted by molar-refractivity contribution is 9.10. The Labute approximate surface area is 147 Å². The Bertz CT molecular complexity index is 893. The van der Waals surface area contributed by atoms with E-state index in [0.717, 1.165) is 26.6 Å². The van der Waals surface area contributed by atoms with Gasteiger partial charge < -0.3 is 9.47 Å². The first kappa shape index (κ1) is 16.3. The minimum Gasteiger partial charge on any atom is -0.496 e. The Morgan fingerprint density at radius 1 is 1.08 bits per heavy atom. The van der Waals surface area contributed by atoms with Crippen molar-refractivity contribution in [3.63, 3.8) is 0 Å². The Morgan fingerprint density at radius 2 is 1.83 bits per heavy atom. The highest BCUT2D eigenvalue weighted by atomic mass is 79.9. The maximum Gasteiger partial charge on any atom is 0.269 e. The number of nitro benzene ring substituents is 1. The lowest BCUT2D eigenvalue weighted by Gasteiger charge is -2.13. The van der Waals surface area contributed by atoms with Gasteiger partial charge in [0.25, 0.3) is 5.69 Å². The quantitative estimate of drug-likeness (QED) is 0.451. The molecule has 6 heteroatoms. The summed E-state index contributed by atoms with van der Waals surface area (Å²) in [5.74, 6) is 1.31. The van der Waals surface area contributed by atoms with Crippen molar-refractivity contribution < 1.29 is 14.4 Å². The summed E-state index contributed by atoms with van der Waals surface area (Å²) >= 11 is 3.47. The van der Waals surface area contributed by atoms with E-state index in [-0.39, 0.29) is 5.69 Å². The van der Waals surface area contributed by atoms with Gasteiger partial charge in [0.2, 0.25) is 0 Å². The Kier molecular flexibility index (Phi) is 4.66. The Hall–Kier alpha value is -2.60. The van der Waals surface area contributed by atoms with Crippen LogP contribution in [0.3, 0.4) is 0 Å². The molecule has 0 aliphatic rings. The Morgan fingerprint density at radius 3 is 2.50 bits per heavy atom. The average Bonchev–Trinajstić information content (AvgIpc) is 2.59. The normalized spacial score (nSPS) is 10.6. The molecule has 0 amide bonds. The fourth-order valence-electron chi connectivity index (χ4n) is 2.50. The molecule has 24 heavy (non-hydrogen) atoms. The van der Waals surface area contributed by atoms with Crippen molar-refractivity contribution in [3.8, 4) is 11.5 Å². The van der Waals surface area contributed by atoms with Crippen molar-refractivity contribution in [1.29, 1.82) is 0 Å². The molecule has 0 unspecified atom stereocenters. The number of rotatable bonds is 5. The van der Waals surface area contributed by atoms with E-state index in [1.807, 2.05) is 30.3 Å². The number of halogens is 1. The monoisotopic (exact) mass is 387 g/mol. The second-order valence-electron chi connectivity index (χ2n) is 5.15. The highest BCUT2D eigenvalue weighted by Gasteiger charge is 2.11. The zero-order valence-corrected chi connectivity index (χ0v) is 14.4. The minimum absolute atomic E-state index is 0.0370. The largest absolute Gasteiger partial charge is 0.496 e. The standard InChI is InChI=1S/C18H14BrNO4/c1-23-18-9-2-12-10-13(19)3-8-16(12)17(18)11-24-15-6-4-14(5-7-15)20(21)22/h2-10H,11H2,1H3. The van der Waals surface area contributed by atoms with Crippen molar-refractivity contribution in [2.45, 2.75) is 6.61 Å². The van der Waals surface area contributed by atoms with Crippen LogP contribution in [0.5, 0.6) is 11.5 Å². The van der Waals surface area contributed by atoms with E-state index in [1.54, 1.807) is 19.2 Å². The number of nitro groups is 1. The van der Waals surface area contributed by atoms with Crippen LogP contribution in [0.1, 0.15) is 5.56 Å². The van der Waals surface area contributed by atoms with Crippen LogP contribution < -0.4 is 9.47 Å². The SMILES string of the molecule is COc1ccc2cc(Br)ccc2c1COc1ccc([N+](=O)[O-])cc1. The first-order valence-electron chi connectivity index (χ1n) is 7.21. The molecule has 3 aromatic carbocycles. The fraction of sp³-hybridized carbons (Fsp3) is 0.111. The molecule has 0 bridgehead atoms. The van der Waals surface area contributed by atoms with Crippen molar-refractivity contribution >= 4 is 32.4 Å². The third-order valence-corrected chi connectivity index (χ3v) is 4.19. The van der Waals surface area contributed by atoms with Crippen molar-refractivity contribution in [1.82, 2.24) is 0 Å². The summed E-state index contributed by atoms with van der Waals surface area (Å²) in [7, 11) is 1.62. The molecule has 122 valence electrons. The number of fused-ring (bicyclic) bond motifs is 1. The molecule has 0 aliphatic heterocycles. The van der Waals surface area contributed by atoms with Gasteiger partial charge in [0.15, 0.2) is 0 Å². The topological polar surface area (TPSA) is 61.6 Å². The van der Waals surface area contributed by atoms with Gasteiger partial charge in [-0.25, -0.2) is 0 Å². The first-order valence-corrected chi connectivity index (χ1v) is 8.00. The molecule has 0 N–H and O–H groups in total. The van der Waals surface area contributed by atoms with Gasteiger partial charge in [-0.3, -0.25) is 10.1 Å². The van der Waals surface area contributed by atoms with Crippen molar-refractivity contribution in [2.75, 3.05) is 7.11 Å². The number of hydrogen-bond acceptors (Lipinski definition) is 4. The van der Waals surface area contributed by atoms with Gasteiger partial charge in [-0.1, -0.05) is 28.1 Å². The van der Waals surface area contributed by atoms with E-state index in [1.165, 1.54) is 12.1 Å². The number of nitrogens with zero attached hydrogens (tertiary/aromatic N) is 1. The van der Waals surface area contributed by atoms with Gasteiger partial charge in [0.05, 0.1) is 12.0 Å². The van der Waals surface area contributed by atoms with Crippen LogP contribution in [0.4, 0.5) is 5.69 Å². The smallest absolute Gasteiger partial charge is 0.269 e. The third kappa shape index (κ3) is 3.33. The van der Waals surface area contributed by atoms with E-state index in [0.29, 0.717) is 12.4 Å². The van der Waals surface area contributed by atoms with E-state index in [2.05, 4.69) is 15.9 Å². The summed E-state index contributed by atoms with van der Waals surface area (Å²) in [4.78, 5) is 10.3. The van der Waals surface area contributed by atoms with E-state index in [4.69, 9.17) is 9.47 Å². The molecule has 0 saturated heterocycles. The predicted molar refractivity (Wildman–Crippen MR) is 95.6 cm³/mol. The summed E-state index contributed by atoms with van der Waals surface area (Å²) in [5.41, 5.74) is 0.968. The van der Waals surface area contributed by atoms with Gasteiger partial charge in [0.1, 0.15) is 18.1 Å². The van der Waals surface area contributed by atoms with Gasteiger partial charge in [-0.15, -0.1) is 0 Å². The second-order valence-corrected chi connectivity index (χ2v) is 6.07. The van der Waals surface area contributed by atoms with Crippen LogP contribution in [0.25, 0.3) is 10.8 Å². The molecular formula is C18H14BrNO4. The van der Waals surface area contributed by atoms with Crippen LogP contribution >= 0.6 is 15.9 Å². The van der Waals surface area contributed by atoms with Crippen molar-refractivity contribution in [3.05, 3.63) is 74.7 Å². The number of benzene rings is 3. The summed E-state index contributed by atoms with van der Waals surface area (Å²) in [6, 6.07) is 15.9. The number of non-ortho nitro benzene ring substituents is 1. The molecule has 5 nitrogen and oxygen atoms in total. The van der Waals surface area contributed by atoms with Crippen LogP contribution in [0.15, 0.2) is 59.1 Å². The van der Waals surface area contributed by atoms with E-state index < -0.39 is 4.92 Å². The molecule has 0 heterocycles. The average molecular weight is 388 g/mol. The molecule has 0 atom stereocenters. The fourth-order valence-corrected chi connectivity index (χ4v) is 2.88. The number of ether oxygens (including phenoxy) is 2. The Balaban J connectivity index is 1.89. The lowest BCUT2D eigenvalue weighted by atomic mass is 10.0. The summed E-state index contributed by atoms with van der Waals surface area (Å²) in [6.07, 6.45) is 0. The molecule has 0 aromatic heterocycles. The van der Waals surface area contributed by atoms with E-state index >= 15 is 0 Å². The van der Waals surface area contributed by atoms with Crippen LogP contribution in [-0.4, -0.2) is 12.0 Å². The molecule has 0 fully saturated rings. The van der Waals surface area contributed by atoms with Gasteiger partial charge in [-0.05, 0) is 41.1 Å². The second kappa shape index (κ2) is 6.88. The maximum atomic E-state index is 10.7. The van der Waals surface area contributed by atoms with Crippen LogP contribution in [0.2, 0.25) is 0 Å². The molecular weight excluding hydrogens is 374 g/mol. The third-order valence-electron chi connectivity index (χ3n) is 3.70. The van der Waals surface area contributed by atoms with Crippen LogP contribution in [-0.2, 0) is 6.61 Å². The molecule has 3 aromatic rings. The zero-order valence-electron chi connectivity index (χ0n) is 12.9. The minimum atomic E-state index is -0.435.